The summed E-state index contributed by atoms with van der Waals surface area (Å²) in [7, 11) is 2.89. The summed E-state index contributed by atoms with van der Waals surface area (Å²) in [5.41, 5.74) is 0.424. The summed E-state index contributed by atoms with van der Waals surface area (Å²) in [4.78, 5) is 24.6. The van der Waals surface area contributed by atoms with Crippen LogP contribution in [-0.2, 0) is 4.74 Å². The number of nitrogens with one attached hydrogen (secondary N) is 2. The number of aryl methyl sites for hydroxylation is 1. The monoisotopic (exact) mass is 406 g/mol. The van der Waals surface area contributed by atoms with Gasteiger partial charge >= 0.3 is 5.63 Å². The van der Waals surface area contributed by atoms with E-state index < -0.39 is 11.5 Å². The van der Waals surface area contributed by atoms with E-state index >= 15 is 0 Å². The Hall–Kier alpha value is -3.25. The molecule has 0 saturated heterocycles. The fourth-order valence-corrected chi connectivity index (χ4v) is 3.04. The Morgan fingerprint density at radius 3 is 2.86 bits per heavy atom. The van der Waals surface area contributed by atoms with E-state index in [0.717, 1.165) is 17.0 Å². The highest BCUT2D eigenvalue weighted by atomic mass is 32.1. The summed E-state index contributed by atoms with van der Waals surface area (Å²) in [6.45, 7) is 2.70. The Morgan fingerprint density at radius 1 is 1.36 bits per heavy atom. The molecule has 0 aromatic carbocycles. The average molecular weight is 406 g/mol. The van der Waals surface area contributed by atoms with Crippen LogP contribution in [0.2, 0.25) is 0 Å². The zero-order valence-electron chi connectivity index (χ0n) is 15.4. The first-order valence-corrected chi connectivity index (χ1v) is 8.96. The summed E-state index contributed by atoms with van der Waals surface area (Å²) >= 11 is 1.13. The molecule has 2 N–H and O–H groups in total. The van der Waals surface area contributed by atoms with E-state index in [1.807, 2.05) is 13.0 Å². The van der Waals surface area contributed by atoms with Crippen LogP contribution >= 0.6 is 11.3 Å². The third-order valence-electron chi connectivity index (χ3n) is 3.61. The van der Waals surface area contributed by atoms with Gasteiger partial charge in [0.2, 0.25) is 16.0 Å². The fourth-order valence-electron chi connectivity index (χ4n) is 2.29. The van der Waals surface area contributed by atoms with E-state index in [1.54, 1.807) is 18.0 Å². The van der Waals surface area contributed by atoms with Crippen molar-refractivity contribution in [3.63, 3.8) is 0 Å². The van der Waals surface area contributed by atoms with Crippen LogP contribution in [0.25, 0.3) is 5.13 Å². The van der Waals surface area contributed by atoms with Gasteiger partial charge in [-0.15, -0.1) is 10.2 Å². The second kappa shape index (κ2) is 8.63. The predicted octanol–water partition coefficient (Wildman–Crippen LogP) is 1.30. The van der Waals surface area contributed by atoms with Crippen LogP contribution in [0.1, 0.15) is 16.2 Å². The number of aromatic nitrogens is 4. The van der Waals surface area contributed by atoms with Crippen molar-refractivity contribution < 1.29 is 18.7 Å². The third-order valence-corrected chi connectivity index (χ3v) is 4.42. The quantitative estimate of drug-likeness (QED) is 0.531. The summed E-state index contributed by atoms with van der Waals surface area (Å²) in [5.74, 6) is -0.868. The third kappa shape index (κ3) is 4.18. The molecule has 0 bridgehead atoms. The molecule has 3 rings (SSSR count). The minimum Gasteiger partial charge on any atom is -0.488 e. The van der Waals surface area contributed by atoms with Crippen LogP contribution in [0.5, 0.6) is 5.75 Å². The molecule has 0 radical (unpaired) electrons. The molecule has 0 aliphatic heterocycles. The number of hydrogen-bond donors (Lipinski definition) is 2. The number of carbonyl (C=O) groups excluding carboxylic acids is 1. The van der Waals surface area contributed by atoms with Gasteiger partial charge in [0.1, 0.15) is 0 Å². The van der Waals surface area contributed by atoms with E-state index in [0.29, 0.717) is 24.0 Å². The molecule has 0 fully saturated rings. The first-order valence-electron chi connectivity index (χ1n) is 8.14. The first kappa shape index (κ1) is 19.5. The molecule has 0 unspecified atom stereocenters. The van der Waals surface area contributed by atoms with Crippen LogP contribution in [0.3, 0.4) is 0 Å². The van der Waals surface area contributed by atoms with Gasteiger partial charge in [-0.1, -0.05) is 11.3 Å². The van der Waals surface area contributed by atoms with Gasteiger partial charge in [0.15, 0.2) is 5.76 Å². The number of anilines is 2. The highest BCUT2D eigenvalue weighted by molar-refractivity contribution is 7.17. The number of amides is 1. The maximum atomic E-state index is 12.5. The topological polar surface area (TPSA) is 133 Å². The second-order valence-corrected chi connectivity index (χ2v) is 6.45. The minimum atomic E-state index is -0.778. The number of nitrogens with zero attached hydrogens (tertiary/aromatic N) is 4. The Labute approximate surface area is 163 Å². The van der Waals surface area contributed by atoms with Gasteiger partial charge in [-0.3, -0.25) is 10.1 Å². The molecule has 0 spiro atoms. The van der Waals surface area contributed by atoms with Gasteiger partial charge in [-0.2, -0.15) is 5.10 Å². The van der Waals surface area contributed by atoms with Crippen molar-refractivity contribution in [1.29, 1.82) is 0 Å². The van der Waals surface area contributed by atoms with E-state index in [2.05, 4.69) is 25.9 Å². The highest BCUT2D eigenvalue weighted by Gasteiger charge is 2.19. The van der Waals surface area contributed by atoms with Crippen LogP contribution < -0.4 is 21.0 Å². The number of carbonyl (C=O) groups is 1. The average Bonchev–Trinajstić information content (AvgIpc) is 3.30. The van der Waals surface area contributed by atoms with Gasteiger partial charge in [0.25, 0.3) is 5.91 Å². The maximum Gasteiger partial charge on any atom is 0.381 e. The molecule has 0 aliphatic carbocycles. The first-order chi connectivity index (χ1) is 13.5. The second-order valence-electron chi connectivity index (χ2n) is 5.49. The summed E-state index contributed by atoms with van der Waals surface area (Å²) in [5, 5.41) is 18.3. The summed E-state index contributed by atoms with van der Waals surface area (Å²) in [6, 6.07) is 3.20. The van der Waals surface area contributed by atoms with E-state index in [9.17, 15) is 9.59 Å². The number of hydrogen-bond acceptors (Lipinski definition) is 10. The SMILES string of the molecule is COCCNc1cc(C(=O)Nc2nnc(-n3nccc3C)s2)oc(=O)c1OC. The van der Waals surface area contributed by atoms with Gasteiger partial charge in [0.05, 0.1) is 19.4 Å². The van der Waals surface area contributed by atoms with Crippen molar-refractivity contribution >= 4 is 28.1 Å². The maximum absolute atomic E-state index is 12.5. The summed E-state index contributed by atoms with van der Waals surface area (Å²) < 4.78 is 16.7. The molecule has 3 aromatic heterocycles. The zero-order chi connectivity index (χ0) is 20.1. The van der Waals surface area contributed by atoms with E-state index in [-0.39, 0.29) is 16.6 Å². The normalized spacial score (nSPS) is 10.7. The number of methoxy groups -OCH3 is 2. The lowest BCUT2D eigenvalue weighted by Gasteiger charge is -2.10. The summed E-state index contributed by atoms with van der Waals surface area (Å²) in [6.07, 6.45) is 1.64. The van der Waals surface area contributed by atoms with Crippen molar-refractivity contribution in [2.24, 2.45) is 0 Å². The smallest absolute Gasteiger partial charge is 0.381 e. The molecular formula is C16H18N6O5S. The molecule has 3 heterocycles. The van der Waals surface area contributed by atoms with Gasteiger partial charge in [-0.05, 0) is 13.0 Å². The van der Waals surface area contributed by atoms with Gasteiger partial charge < -0.3 is 19.2 Å². The molecule has 28 heavy (non-hydrogen) atoms. The Balaban J connectivity index is 1.80. The van der Waals surface area contributed by atoms with Crippen molar-refractivity contribution in [1.82, 2.24) is 20.0 Å². The van der Waals surface area contributed by atoms with Crippen LogP contribution in [0.15, 0.2) is 27.5 Å². The minimum absolute atomic E-state index is 0.0278. The fraction of sp³-hybridized carbons (Fsp3) is 0.312. The molecule has 0 atom stereocenters. The van der Waals surface area contributed by atoms with Crippen molar-refractivity contribution in [3.05, 3.63) is 40.2 Å². The van der Waals surface area contributed by atoms with E-state index in [1.165, 1.54) is 13.2 Å². The van der Waals surface area contributed by atoms with Gasteiger partial charge in [-0.25, -0.2) is 9.48 Å². The predicted molar refractivity (Wildman–Crippen MR) is 102 cm³/mol. The number of ether oxygens (including phenoxy) is 2. The lowest BCUT2D eigenvalue weighted by Crippen LogP contribution is -2.18. The lowest BCUT2D eigenvalue weighted by atomic mass is 10.3. The Bertz CT molecular complexity index is 1030. The molecule has 148 valence electrons. The molecule has 1 amide bonds. The van der Waals surface area contributed by atoms with Crippen molar-refractivity contribution in [3.8, 4) is 10.9 Å². The number of rotatable bonds is 8. The molecule has 0 aliphatic rings. The van der Waals surface area contributed by atoms with Gasteiger partial charge in [0, 0.05) is 31.6 Å². The largest absolute Gasteiger partial charge is 0.488 e. The zero-order valence-corrected chi connectivity index (χ0v) is 16.2. The molecule has 0 saturated carbocycles. The van der Waals surface area contributed by atoms with Crippen LogP contribution in [-0.4, -0.2) is 53.3 Å². The standard InChI is InChI=1S/C16H18N6O5S/c1-9-4-5-18-22(9)16-21-20-15(28-16)19-13(23)11-8-10(17-6-7-25-2)12(26-3)14(24)27-11/h4-5,8,17H,6-7H2,1-3H3,(H,19,20,23). The van der Waals surface area contributed by atoms with Crippen LogP contribution in [0.4, 0.5) is 10.8 Å². The molecule has 12 heteroatoms. The Kier molecular flexibility index (Phi) is 6.01. The van der Waals surface area contributed by atoms with Crippen LogP contribution in [0, 0.1) is 6.92 Å². The molecular weight excluding hydrogens is 388 g/mol. The van der Waals surface area contributed by atoms with Crippen molar-refractivity contribution in [2.75, 3.05) is 38.0 Å². The molecule has 11 nitrogen and oxygen atoms in total. The Morgan fingerprint density at radius 2 is 2.18 bits per heavy atom. The molecule has 3 aromatic rings. The highest BCUT2D eigenvalue weighted by Crippen LogP contribution is 2.23. The lowest BCUT2D eigenvalue weighted by molar-refractivity contribution is 0.0991. The van der Waals surface area contributed by atoms with E-state index in [4.69, 9.17) is 13.9 Å². The van der Waals surface area contributed by atoms with Crippen molar-refractivity contribution in [2.45, 2.75) is 6.92 Å².